The fraction of sp³-hybridized carbons (Fsp3) is 0.444. The number of hydrogen-bond acceptors (Lipinski definition) is 3. The van der Waals surface area contributed by atoms with Crippen LogP contribution >= 0.6 is 0 Å². The van der Waals surface area contributed by atoms with Crippen LogP contribution in [0.4, 0.5) is 18.9 Å². The standard InChI is InChI=1S/C9H11F3N2O/c1-2-15-8(9(10,11)12)14-7-3-5-13-6-4-7/h3-6,8H,2H2,1H3,(H,13,14). The van der Waals surface area contributed by atoms with Gasteiger partial charge in [-0.25, -0.2) is 0 Å². The molecule has 1 aromatic rings. The van der Waals surface area contributed by atoms with Crippen LogP contribution in [0, 0.1) is 0 Å². The summed E-state index contributed by atoms with van der Waals surface area (Å²) < 4.78 is 41.7. The zero-order chi connectivity index (χ0) is 11.3. The van der Waals surface area contributed by atoms with Crippen molar-refractivity contribution in [2.45, 2.75) is 19.3 Å². The molecule has 0 aromatic carbocycles. The van der Waals surface area contributed by atoms with Gasteiger partial charge in [0.1, 0.15) is 0 Å². The first-order valence-electron chi connectivity index (χ1n) is 4.39. The van der Waals surface area contributed by atoms with E-state index in [1.165, 1.54) is 31.5 Å². The van der Waals surface area contributed by atoms with Gasteiger partial charge in [-0.15, -0.1) is 0 Å². The fourth-order valence-electron chi connectivity index (χ4n) is 0.984. The summed E-state index contributed by atoms with van der Waals surface area (Å²) in [5.41, 5.74) is 0.320. The summed E-state index contributed by atoms with van der Waals surface area (Å²) in [5.74, 6) is 0. The van der Waals surface area contributed by atoms with E-state index in [9.17, 15) is 13.2 Å². The first-order chi connectivity index (χ1) is 7.04. The third-order valence-electron chi connectivity index (χ3n) is 1.61. The monoisotopic (exact) mass is 220 g/mol. The van der Waals surface area contributed by atoms with Crippen molar-refractivity contribution >= 4 is 5.69 Å². The van der Waals surface area contributed by atoms with Gasteiger partial charge >= 0.3 is 6.18 Å². The molecule has 1 N–H and O–H groups in total. The molecular weight excluding hydrogens is 209 g/mol. The number of hydrogen-bond donors (Lipinski definition) is 1. The lowest BCUT2D eigenvalue weighted by atomic mass is 10.4. The van der Waals surface area contributed by atoms with Gasteiger partial charge in [0, 0.05) is 24.7 Å². The molecule has 1 aromatic heterocycles. The van der Waals surface area contributed by atoms with Crippen LogP contribution in [0.1, 0.15) is 6.92 Å². The van der Waals surface area contributed by atoms with Gasteiger partial charge in [-0.2, -0.15) is 13.2 Å². The Morgan fingerprint density at radius 1 is 1.40 bits per heavy atom. The van der Waals surface area contributed by atoms with E-state index in [2.05, 4.69) is 15.0 Å². The van der Waals surface area contributed by atoms with Crippen molar-refractivity contribution in [3.63, 3.8) is 0 Å². The number of anilines is 1. The minimum atomic E-state index is -4.43. The highest BCUT2D eigenvalue weighted by molar-refractivity contribution is 5.41. The molecule has 1 atom stereocenters. The third kappa shape index (κ3) is 3.75. The van der Waals surface area contributed by atoms with Crippen molar-refractivity contribution < 1.29 is 17.9 Å². The Labute approximate surface area is 85.3 Å². The molecule has 0 fully saturated rings. The second-order valence-corrected chi connectivity index (χ2v) is 2.76. The molecule has 0 spiro atoms. The molecule has 0 radical (unpaired) electrons. The summed E-state index contributed by atoms with van der Waals surface area (Å²) in [6.45, 7) is 1.50. The van der Waals surface area contributed by atoms with Crippen LogP contribution in [0.15, 0.2) is 24.5 Å². The van der Waals surface area contributed by atoms with Crippen LogP contribution in [-0.4, -0.2) is 24.0 Å². The predicted octanol–water partition coefficient (Wildman–Crippen LogP) is 2.42. The van der Waals surface area contributed by atoms with E-state index in [0.29, 0.717) is 5.69 Å². The normalized spacial score (nSPS) is 13.6. The molecule has 84 valence electrons. The van der Waals surface area contributed by atoms with Crippen LogP contribution in [0.2, 0.25) is 0 Å². The number of aromatic nitrogens is 1. The highest BCUT2D eigenvalue weighted by Gasteiger charge is 2.40. The van der Waals surface area contributed by atoms with Crippen molar-refractivity contribution in [1.29, 1.82) is 0 Å². The molecule has 0 aliphatic heterocycles. The maximum atomic E-state index is 12.4. The summed E-state index contributed by atoms with van der Waals surface area (Å²) in [4.78, 5) is 3.70. The lowest BCUT2D eigenvalue weighted by Crippen LogP contribution is -2.38. The Hall–Kier alpha value is -1.30. The van der Waals surface area contributed by atoms with Crippen molar-refractivity contribution in [2.24, 2.45) is 0 Å². The largest absolute Gasteiger partial charge is 0.433 e. The molecule has 0 amide bonds. The average molecular weight is 220 g/mol. The molecule has 1 rings (SSSR count). The first kappa shape index (κ1) is 11.8. The molecule has 15 heavy (non-hydrogen) atoms. The number of nitrogens with zero attached hydrogens (tertiary/aromatic N) is 1. The van der Waals surface area contributed by atoms with Crippen LogP contribution in [0.5, 0.6) is 0 Å². The number of ether oxygens (including phenoxy) is 1. The number of pyridine rings is 1. The van der Waals surface area contributed by atoms with E-state index < -0.39 is 12.4 Å². The Kier molecular flexibility index (Phi) is 3.90. The quantitative estimate of drug-likeness (QED) is 0.791. The predicted molar refractivity (Wildman–Crippen MR) is 49.3 cm³/mol. The molecular formula is C9H11F3N2O. The Morgan fingerprint density at radius 2 is 2.00 bits per heavy atom. The fourth-order valence-corrected chi connectivity index (χ4v) is 0.984. The minimum absolute atomic E-state index is 0.0116. The molecule has 0 aliphatic carbocycles. The summed E-state index contributed by atoms with van der Waals surface area (Å²) in [6.07, 6.45) is -3.60. The lowest BCUT2D eigenvalue weighted by Gasteiger charge is -2.21. The van der Waals surface area contributed by atoms with Gasteiger partial charge in [-0.05, 0) is 19.1 Å². The summed E-state index contributed by atoms with van der Waals surface area (Å²) in [7, 11) is 0. The van der Waals surface area contributed by atoms with E-state index in [1.807, 2.05) is 0 Å². The highest BCUT2D eigenvalue weighted by atomic mass is 19.4. The number of rotatable bonds is 4. The van der Waals surface area contributed by atoms with Gasteiger partial charge in [0.05, 0.1) is 0 Å². The molecule has 6 heteroatoms. The molecule has 1 heterocycles. The summed E-state index contributed by atoms with van der Waals surface area (Å²) in [6, 6.07) is 2.88. The average Bonchev–Trinajstić information content (AvgIpc) is 2.17. The Balaban J connectivity index is 2.67. The Morgan fingerprint density at radius 3 is 2.47 bits per heavy atom. The van der Waals surface area contributed by atoms with Crippen molar-refractivity contribution in [3.8, 4) is 0 Å². The van der Waals surface area contributed by atoms with Crippen LogP contribution < -0.4 is 5.32 Å². The maximum Gasteiger partial charge on any atom is 0.433 e. The first-order valence-corrected chi connectivity index (χ1v) is 4.39. The number of nitrogens with one attached hydrogen (secondary N) is 1. The van der Waals surface area contributed by atoms with Crippen molar-refractivity contribution in [1.82, 2.24) is 4.98 Å². The van der Waals surface area contributed by atoms with Crippen molar-refractivity contribution in [3.05, 3.63) is 24.5 Å². The zero-order valence-corrected chi connectivity index (χ0v) is 8.08. The van der Waals surface area contributed by atoms with Gasteiger partial charge in [-0.1, -0.05) is 0 Å². The van der Waals surface area contributed by atoms with Crippen LogP contribution in [-0.2, 0) is 4.74 Å². The molecule has 0 saturated carbocycles. The van der Waals surface area contributed by atoms with Gasteiger partial charge in [-0.3, -0.25) is 4.98 Å². The van der Waals surface area contributed by atoms with Gasteiger partial charge in [0.25, 0.3) is 0 Å². The van der Waals surface area contributed by atoms with E-state index in [1.54, 1.807) is 0 Å². The van der Waals surface area contributed by atoms with E-state index >= 15 is 0 Å². The van der Waals surface area contributed by atoms with Crippen LogP contribution in [0.25, 0.3) is 0 Å². The highest BCUT2D eigenvalue weighted by Crippen LogP contribution is 2.24. The summed E-state index contributed by atoms with van der Waals surface area (Å²) in [5, 5.41) is 2.23. The smallest absolute Gasteiger partial charge is 0.353 e. The number of alkyl halides is 3. The maximum absolute atomic E-state index is 12.4. The van der Waals surface area contributed by atoms with E-state index in [0.717, 1.165) is 0 Å². The van der Waals surface area contributed by atoms with E-state index in [-0.39, 0.29) is 6.61 Å². The molecule has 1 unspecified atom stereocenters. The second kappa shape index (κ2) is 4.97. The third-order valence-corrected chi connectivity index (χ3v) is 1.61. The molecule has 3 nitrogen and oxygen atoms in total. The van der Waals surface area contributed by atoms with Gasteiger partial charge in [0.15, 0.2) is 0 Å². The Bertz CT molecular complexity index is 289. The molecule has 0 bridgehead atoms. The zero-order valence-electron chi connectivity index (χ0n) is 8.08. The minimum Gasteiger partial charge on any atom is -0.353 e. The SMILES string of the molecule is CCOC(Nc1ccncc1)C(F)(F)F. The van der Waals surface area contributed by atoms with Crippen molar-refractivity contribution in [2.75, 3.05) is 11.9 Å². The number of halogens is 3. The van der Waals surface area contributed by atoms with E-state index in [4.69, 9.17) is 0 Å². The topological polar surface area (TPSA) is 34.1 Å². The summed E-state index contributed by atoms with van der Waals surface area (Å²) >= 11 is 0. The molecule has 0 aliphatic rings. The van der Waals surface area contributed by atoms with Gasteiger partial charge < -0.3 is 10.1 Å². The second-order valence-electron chi connectivity index (χ2n) is 2.76. The van der Waals surface area contributed by atoms with Gasteiger partial charge in [0.2, 0.25) is 6.23 Å². The molecule has 0 saturated heterocycles. The lowest BCUT2D eigenvalue weighted by molar-refractivity contribution is -0.209. The van der Waals surface area contributed by atoms with Crippen LogP contribution in [0.3, 0.4) is 0 Å².